The van der Waals surface area contributed by atoms with Gasteiger partial charge < -0.3 is 15.1 Å². The lowest BCUT2D eigenvalue weighted by Gasteiger charge is -2.47. The average molecular weight is 545 g/mol. The molecule has 39 heavy (non-hydrogen) atoms. The Kier molecular flexibility index (Phi) is 7.80. The smallest absolute Gasteiger partial charge is 0.352 e. The zero-order valence-corrected chi connectivity index (χ0v) is 22.4. The van der Waals surface area contributed by atoms with E-state index in [0.29, 0.717) is 30.9 Å². The van der Waals surface area contributed by atoms with Crippen molar-refractivity contribution >= 4 is 17.6 Å². The predicted octanol–water partition coefficient (Wildman–Crippen LogP) is 3.90. The summed E-state index contributed by atoms with van der Waals surface area (Å²) in [6.07, 6.45) is 1.81. The highest BCUT2D eigenvalue weighted by Crippen LogP contribution is 2.30. The standard InChI is InChI=1S/C28H35F3N6O2/c1-3-22-17-36(25-18(2)33-24(16-32-25)26(38)34-21-8-9-21)14-15-37(22)23-10-12-35(13-11-23)27(39)19-4-6-20(7-5-19)28(29,30)31/h4-7,16,21-23H,3,8-15,17H2,1-2H3,(H,34,38)/t22-/m0/s1. The number of alkyl halides is 3. The first kappa shape index (κ1) is 27.4. The van der Waals surface area contributed by atoms with Gasteiger partial charge in [-0.25, -0.2) is 9.97 Å². The fourth-order valence-corrected chi connectivity index (χ4v) is 5.67. The van der Waals surface area contributed by atoms with Crippen LogP contribution in [-0.4, -0.2) is 82.4 Å². The maximum Gasteiger partial charge on any atom is 0.416 e. The van der Waals surface area contributed by atoms with Crippen LogP contribution in [0, 0.1) is 6.92 Å². The van der Waals surface area contributed by atoms with Gasteiger partial charge in [0.15, 0.2) is 0 Å². The number of aryl methyl sites for hydroxylation is 1. The Hall–Kier alpha value is -3.21. The molecule has 3 fully saturated rings. The summed E-state index contributed by atoms with van der Waals surface area (Å²) < 4.78 is 38.6. The summed E-state index contributed by atoms with van der Waals surface area (Å²) in [4.78, 5) is 40.9. The largest absolute Gasteiger partial charge is 0.416 e. The Morgan fingerprint density at radius 3 is 2.31 bits per heavy atom. The van der Waals surface area contributed by atoms with E-state index < -0.39 is 11.7 Å². The SMILES string of the molecule is CC[C@H]1CN(c2ncc(C(=O)NC3CC3)nc2C)CCN1C1CCN(C(=O)c2ccc(C(F)(F)F)cc2)CC1. The third kappa shape index (κ3) is 6.18. The number of carbonyl (C=O) groups is 2. The number of nitrogens with zero attached hydrogens (tertiary/aromatic N) is 5. The van der Waals surface area contributed by atoms with Crippen LogP contribution >= 0.6 is 0 Å². The minimum atomic E-state index is -4.42. The summed E-state index contributed by atoms with van der Waals surface area (Å²) in [5.74, 6) is 0.425. The van der Waals surface area contributed by atoms with Crippen LogP contribution in [0.5, 0.6) is 0 Å². The second-order valence-electron chi connectivity index (χ2n) is 10.8. The molecule has 3 heterocycles. The van der Waals surface area contributed by atoms with E-state index in [1.165, 1.54) is 12.1 Å². The van der Waals surface area contributed by atoms with Crippen LogP contribution in [0.2, 0.25) is 0 Å². The molecule has 2 saturated heterocycles. The van der Waals surface area contributed by atoms with Crippen LogP contribution in [0.1, 0.15) is 71.1 Å². The second-order valence-corrected chi connectivity index (χ2v) is 10.8. The third-order valence-electron chi connectivity index (χ3n) is 8.05. The summed E-state index contributed by atoms with van der Waals surface area (Å²) >= 11 is 0. The number of benzene rings is 1. The van der Waals surface area contributed by atoms with Crippen LogP contribution in [-0.2, 0) is 6.18 Å². The molecule has 11 heteroatoms. The predicted molar refractivity (Wildman–Crippen MR) is 141 cm³/mol. The van der Waals surface area contributed by atoms with Gasteiger partial charge in [0.05, 0.1) is 17.5 Å². The van der Waals surface area contributed by atoms with E-state index in [1.807, 2.05) is 6.92 Å². The number of nitrogens with one attached hydrogen (secondary N) is 1. The van der Waals surface area contributed by atoms with Crippen LogP contribution < -0.4 is 10.2 Å². The van der Waals surface area contributed by atoms with Crippen LogP contribution in [0.25, 0.3) is 0 Å². The maximum atomic E-state index is 12.9. The van der Waals surface area contributed by atoms with E-state index in [1.54, 1.807) is 11.1 Å². The molecule has 2 amide bonds. The monoisotopic (exact) mass is 544 g/mol. The number of piperazine rings is 1. The maximum absolute atomic E-state index is 12.9. The normalized spacial score (nSPS) is 21.2. The molecule has 1 N–H and O–H groups in total. The lowest BCUT2D eigenvalue weighted by Crippen LogP contribution is -2.59. The molecule has 0 radical (unpaired) electrons. The van der Waals surface area contributed by atoms with Crippen molar-refractivity contribution in [1.29, 1.82) is 0 Å². The van der Waals surface area contributed by atoms with E-state index in [-0.39, 0.29) is 23.4 Å². The second kappa shape index (κ2) is 11.1. The van der Waals surface area contributed by atoms with Crippen LogP contribution in [0.15, 0.2) is 30.5 Å². The Labute approximate surface area is 226 Å². The number of carbonyl (C=O) groups excluding carboxylic acids is 2. The van der Waals surface area contributed by atoms with Crippen molar-refractivity contribution < 1.29 is 22.8 Å². The summed E-state index contributed by atoms with van der Waals surface area (Å²) in [5.41, 5.74) is 0.635. The highest BCUT2D eigenvalue weighted by Gasteiger charge is 2.35. The number of likely N-dealkylation sites (tertiary alicyclic amines) is 1. The van der Waals surface area contributed by atoms with Crippen LogP contribution in [0.4, 0.5) is 19.0 Å². The van der Waals surface area contributed by atoms with Gasteiger partial charge in [-0.05, 0) is 63.3 Å². The zero-order chi connectivity index (χ0) is 27.7. The summed E-state index contributed by atoms with van der Waals surface area (Å²) in [6.45, 7) is 7.70. The number of piperidine rings is 1. The van der Waals surface area contributed by atoms with Gasteiger partial charge in [-0.1, -0.05) is 6.92 Å². The van der Waals surface area contributed by atoms with Crippen molar-refractivity contribution in [3.63, 3.8) is 0 Å². The number of amides is 2. The van der Waals surface area contributed by atoms with E-state index >= 15 is 0 Å². The molecule has 0 spiro atoms. The van der Waals surface area contributed by atoms with Gasteiger partial charge in [0, 0.05) is 56.4 Å². The molecular formula is C28H35F3N6O2. The van der Waals surface area contributed by atoms with E-state index in [4.69, 9.17) is 0 Å². The molecule has 1 aliphatic carbocycles. The Balaban J connectivity index is 1.16. The first-order valence-electron chi connectivity index (χ1n) is 13.8. The van der Waals surface area contributed by atoms with Gasteiger partial charge in [0.1, 0.15) is 11.5 Å². The third-order valence-corrected chi connectivity index (χ3v) is 8.05. The number of aromatic nitrogens is 2. The van der Waals surface area contributed by atoms with Crippen molar-refractivity contribution in [2.24, 2.45) is 0 Å². The highest BCUT2D eigenvalue weighted by molar-refractivity contribution is 5.94. The molecule has 8 nitrogen and oxygen atoms in total. The zero-order valence-electron chi connectivity index (χ0n) is 22.4. The number of halogens is 3. The molecule has 0 bridgehead atoms. The van der Waals surface area contributed by atoms with Crippen molar-refractivity contribution in [2.45, 2.75) is 70.3 Å². The molecule has 1 atom stereocenters. The molecule has 2 aliphatic heterocycles. The minimum absolute atomic E-state index is 0.168. The first-order valence-corrected chi connectivity index (χ1v) is 13.8. The van der Waals surface area contributed by atoms with Gasteiger partial charge in [-0.3, -0.25) is 14.5 Å². The Morgan fingerprint density at radius 2 is 1.72 bits per heavy atom. The molecule has 1 saturated carbocycles. The van der Waals surface area contributed by atoms with Gasteiger partial charge in [0.25, 0.3) is 11.8 Å². The van der Waals surface area contributed by atoms with Crippen molar-refractivity contribution in [2.75, 3.05) is 37.6 Å². The Morgan fingerprint density at radius 1 is 1.03 bits per heavy atom. The van der Waals surface area contributed by atoms with Gasteiger partial charge in [-0.2, -0.15) is 13.2 Å². The lowest BCUT2D eigenvalue weighted by atomic mass is 9.97. The molecule has 1 aromatic carbocycles. The lowest BCUT2D eigenvalue weighted by molar-refractivity contribution is -0.137. The fraction of sp³-hybridized carbons (Fsp3) is 0.571. The summed E-state index contributed by atoms with van der Waals surface area (Å²) in [7, 11) is 0. The minimum Gasteiger partial charge on any atom is -0.352 e. The molecule has 5 rings (SSSR count). The Bertz CT molecular complexity index is 1190. The summed E-state index contributed by atoms with van der Waals surface area (Å²) in [6, 6.07) is 5.39. The highest BCUT2D eigenvalue weighted by atomic mass is 19.4. The summed E-state index contributed by atoms with van der Waals surface area (Å²) in [5, 5.41) is 2.95. The first-order chi connectivity index (χ1) is 18.6. The quantitative estimate of drug-likeness (QED) is 0.594. The number of hydrogen-bond acceptors (Lipinski definition) is 6. The molecular weight excluding hydrogens is 509 g/mol. The van der Waals surface area contributed by atoms with Crippen molar-refractivity contribution in [1.82, 2.24) is 25.1 Å². The number of rotatable bonds is 6. The molecule has 2 aromatic rings. The van der Waals surface area contributed by atoms with E-state index in [9.17, 15) is 22.8 Å². The molecule has 3 aliphatic rings. The van der Waals surface area contributed by atoms with Crippen molar-refractivity contribution in [3.8, 4) is 0 Å². The van der Waals surface area contributed by atoms with Gasteiger partial charge in [0.2, 0.25) is 0 Å². The number of hydrogen-bond donors (Lipinski definition) is 1. The fourth-order valence-electron chi connectivity index (χ4n) is 5.67. The van der Waals surface area contributed by atoms with Crippen LogP contribution in [0.3, 0.4) is 0 Å². The van der Waals surface area contributed by atoms with E-state index in [0.717, 1.165) is 75.4 Å². The molecule has 1 aromatic heterocycles. The van der Waals surface area contributed by atoms with E-state index in [2.05, 4.69) is 32.0 Å². The molecule has 0 unspecified atom stereocenters. The average Bonchev–Trinajstić information content (AvgIpc) is 3.76. The van der Waals surface area contributed by atoms with Gasteiger partial charge in [-0.15, -0.1) is 0 Å². The van der Waals surface area contributed by atoms with Crippen molar-refractivity contribution in [3.05, 3.63) is 53.0 Å². The number of anilines is 1. The molecule has 210 valence electrons. The topological polar surface area (TPSA) is 81.7 Å². The van der Waals surface area contributed by atoms with Gasteiger partial charge >= 0.3 is 6.18 Å².